The van der Waals surface area contributed by atoms with Crippen LogP contribution in [0.1, 0.15) is 71.7 Å². The fraction of sp³-hybridized carbons (Fsp3) is 0.480. The van der Waals surface area contributed by atoms with E-state index in [0.29, 0.717) is 23.8 Å². The molecule has 1 N–H and O–H groups in total. The molecule has 0 bridgehead atoms. The van der Waals surface area contributed by atoms with Gasteiger partial charge in [-0.3, -0.25) is 19.9 Å². The van der Waals surface area contributed by atoms with Crippen LogP contribution in [0.4, 0.5) is 4.79 Å². The van der Waals surface area contributed by atoms with Gasteiger partial charge in [0.25, 0.3) is 5.24 Å². The van der Waals surface area contributed by atoms with Crippen LogP contribution in [0.25, 0.3) is 0 Å². The second kappa shape index (κ2) is 9.86. The number of amides is 2. The first-order valence-corrected chi connectivity index (χ1v) is 11.5. The Morgan fingerprint density at radius 2 is 1.94 bits per heavy atom. The van der Waals surface area contributed by atoms with Crippen molar-refractivity contribution in [2.75, 3.05) is 6.61 Å². The van der Waals surface area contributed by atoms with E-state index in [1.54, 1.807) is 13.8 Å². The number of benzene rings is 1. The second-order valence-corrected chi connectivity index (χ2v) is 9.57. The first kappa shape index (κ1) is 19.4. The lowest BCUT2D eigenvalue weighted by atomic mass is 9.89. The minimum atomic E-state index is -0.720. The van der Waals surface area contributed by atoms with E-state index >= 15 is 0 Å². The summed E-state index contributed by atoms with van der Waals surface area (Å²) in [6.07, 6.45) is 0.538. The highest BCUT2D eigenvalue weighted by molar-refractivity contribution is 8.15. The van der Waals surface area contributed by atoms with E-state index in [0.717, 1.165) is 23.1 Å². The topological polar surface area (TPSA) is 68.3 Å². The first-order valence-electron chi connectivity index (χ1n) is 12.1. The molecule has 3 unspecified atom stereocenters. The van der Waals surface area contributed by atoms with Crippen molar-refractivity contribution in [1.82, 2.24) is 10.3 Å². The van der Waals surface area contributed by atoms with Crippen molar-refractivity contribution in [2.45, 2.75) is 65.0 Å². The number of carbonyl (C=O) groups excluding carboxylic acids is 2. The quantitative estimate of drug-likeness (QED) is 0.581. The summed E-state index contributed by atoms with van der Waals surface area (Å²) in [5.41, 5.74) is 3.86. The molecule has 2 amide bonds. The van der Waals surface area contributed by atoms with Gasteiger partial charge in [0, 0.05) is 23.7 Å². The standard InChI is InChI=1S/C25H32N2O3S/c1-14(2)16(4)21-9-8-20(26-18(21)6)11-12-30-22-10-7-19(13-15(22)3)17(5)23-24(28)27-25(29)31-23/h7-10,13-14,16-17,23H,11-12H2,1-6H3,(H,27,28,29)/i7D,10D,13D. The molecule has 3 rings (SSSR count). The Hall–Kier alpha value is -2.34. The van der Waals surface area contributed by atoms with Crippen molar-refractivity contribution >= 4 is 22.9 Å². The minimum Gasteiger partial charge on any atom is -0.493 e. The molecule has 1 aliphatic heterocycles. The van der Waals surface area contributed by atoms with Crippen LogP contribution < -0.4 is 10.1 Å². The summed E-state index contributed by atoms with van der Waals surface area (Å²) in [6.45, 7) is 12.3. The zero-order chi connectivity index (χ0) is 25.3. The van der Waals surface area contributed by atoms with Gasteiger partial charge in [-0.2, -0.15) is 0 Å². The highest BCUT2D eigenvalue weighted by atomic mass is 32.2. The van der Waals surface area contributed by atoms with Gasteiger partial charge in [-0.05, 0) is 54.5 Å². The number of ether oxygens (including phenoxy) is 1. The number of imide groups is 1. The van der Waals surface area contributed by atoms with Crippen molar-refractivity contribution in [3.05, 3.63) is 58.3 Å². The van der Waals surface area contributed by atoms with Crippen LogP contribution in [0.3, 0.4) is 0 Å². The number of carbonyl (C=O) groups is 2. The maximum absolute atomic E-state index is 12.1. The highest BCUT2D eigenvalue weighted by Gasteiger charge is 2.36. The molecule has 31 heavy (non-hydrogen) atoms. The van der Waals surface area contributed by atoms with Gasteiger partial charge in [0.2, 0.25) is 5.91 Å². The van der Waals surface area contributed by atoms with Gasteiger partial charge in [-0.15, -0.1) is 0 Å². The number of nitrogens with zero attached hydrogens (tertiary/aromatic N) is 1. The molecule has 1 aliphatic rings. The number of rotatable bonds is 8. The zero-order valence-corrected chi connectivity index (χ0v) is 19.8. The number of hydrogen-bond donors (Lipinski definition) is 1. The predicted octanol–water partition coefficient (Wildman–Crippen LogP) is 5.53. The van der Waals surface area contributed by atoms with E-state index in [9.17, 15) is 9.59 Å². The van der Waals surface area contributed by atoms with Crippen LogP contribution in [0.15, 0.2) is 30.3 Å². The van der Waals surface area contributed by atoms with Crippen molar-refractivity contribution in [2.24, 2.45) is 5.92 Å². The number of aromatic nitrogens is 1. The molecule has 3 atom stereocenters. The van der Waals surface area contributed by atoms with E-state index in [-0.39, 0.29) is 36.0 Å². The highest BCUT2D eigenvalue weighted by Crippen LogP contribution is 2.34. The van der Waals surface area contributed by atoms with Crippen LogP contribution in [0, 0.1) is 19.8 Å². The molecule has 2 heterocycles. The molecule has 1 aromatic heterocycles. The monoisotopic (exact) mass is 443 g/mol. The summed E-state index contributed by atoms with van der Waals surface area (Å²) < 4.78 is 31.4. The minimum absolute atomic E-state index is 0.0669. The Kier molecular flexibility index (Phi) is 6.15. The summed E-state index contributed by atoms with van der Waals surface area (Å²) in [7, 11) is 0. The third-order valence-electron chi connectivity index (χ3n) is 5.88. The van der Waals surface area contributed by atoms with Gasteiger partial charge >= 0.3 is 0 Å². The lowest BCUT2D eigenvalue weighted by Crippen LogP contribution is -2.27. The lowest BCUT2D eigenvalue weighted by Gasteiger charge is -2.19. The number of hydrogen-bond acceptors (Lipinski definition) is 5. The molecule has 0 spiro atoms. The molecule has 1 fully saturated rings. The number of aryl methyl sites for hydroxylation is 1. The van der Waals surface area contributed by atoms with Gasteiger partial charge in [0.1, 0.15) is 5.75 Å². The second-order valence-electron chi connectivity index (χ2n) is 8.46. The van der Waals surface area contributed by atoms with Crippen LogP contribution in [-0.4, -0.2) is 28.0 Å². The molecular weight excluding hydrogens is 408 g/mol. The molecule has 2 aromatic rings. The maximum atomic E-state index is 12.1. The van der Waals surface area contributed by atoms with Crippen molar-refractivity contribution in [3.63, 3.8) is 0 Å². The average Bonchev–Trinajstić information content (AvgIpc) is 3.12. The fourth-order valence-corrected chi connectivity index (χ4v) is 4.49. The van der Waals surface area contributed by atoms with Crippen LogP contribution in [0.5, 0.6) is 5.75 Å². The van der Waals surface area contributed by atoms with Crippen molar-refractivity contribution in [3.8, 4) is 5.75 Å². The molecule has 1 aromatic carbocycles. The van der Waals surface area contributed by atoms with E-state index in [2.05, 4.69) is 32.2 Å². The number of pyridine rings is 1. The molecule has 0 saturated carbocycles. The smallest absolute Gasteiger partial charge is 0.286 e. The summed E-state index contributed by atoms with van der Waals surface area (Å²) >= 11 is 0.861. The van der Waals surface area contributed by atoms with Crippen LogP contribution in [-0.2, 0) is 11.2 Å². The normalized spacial score (nSPS) is 19.6. The Morgan fingerprint density at radius 1 is 1.19 bits per heavy atom. The number of nitrogens with one attached hydrogen (secondary N) is 1. The molecule has 1 saturated heterocycles. The van der Waals surface area contributed by atoms with Gasteiger partial charge in [0.05, 0.1) is 16.0 Å². The van der Waals surface area contributed by atoms with Crippen LogP contribution in [0.2, 0.25) is 0 Å². The Balaban J connectivity index is 1.77. The fourth-order valence-electron chi connectivity index (χ4n) is 3.59. The molecular formula is C25H32N2O3S. The Morgan fingerprint density at radius 3 is 2.55 bits per heavy atom. The molecule has 0 radical (unpaired) electrons. The Labute approximate surface area is 193 Å². The zero-order valence-electron chi connectivity index (χ0n) is 22.0. The maximum Gasteiger partial charge on any atom is 0.286 e. The molecule has 5 nitrogen and oxygen atoms in total. The third kappa shape index (κ3) is 5.48. The van der Waals surface area contributed by atoms with Gasteiger partial charge in [-0.1, -0.05) is 57.6 Å². The first-order chi connectivity index (χ1) is 15.9. The predicted molar refractivity (Wildman–Crippen MR) is 126 cm³/mol. The molecule has 0 aliphatic carbocycles. The third-order valence-corrected chi connectivity index (χ3v) is 7.07. The molecule has 6 heteroatoms. The lowest BCUT2D eigenvalue weighted by molar-refractivity contribution is -0.119. The van der Waals surface area contributed by atoms with Crippen molar-refractivity contribution in [1.29, 1.82) is 0 Å². The van der Waals surface area contributed by atoms with Crippen LogP contribution >= 0.6 is 11.8 Å². The van der Waals surface area contributed by atoms with Gasteiger partial charge in [0.15, 0.2) is 0 Å². The van der Waals surface area contributed by atoms with E-state index in [4.69, 9.17) is 13.8 Å². The Bertz CT molecular complexity index is 1090. The van der Waals surface area contributed by atoms with E-state index < -0.39 is 22.3 Å². The summed E-state index contributed by atoms with van der Waals surface area (Å²) in [5.74, 6) is 0.158. The molecule has 166 valence electrons. The average molecular weight is 444 g/mol. The van der Waals surface area contributed by atoms with Crippen molar-refractivity contribution < 1.29 is 18.4 Å². The summed E-state index contributed by atoms with van der Waals surface area (Å²) in [6, 6.07) is 3.92. The number of thioether (sulfide) groups is 1. The van der Waals surface area contributed by atoms with E-state index in [1.165, 1.54) is 5.56 Å². The van der Waals surface area contributed by atoms with Gasteiger partial charge in [-0.25, -0.2) is 0 Å². The summed E-state index contributed by atoms with van der Waals surface area (Å²) in [5, 5.41) is 1.09. The summed E-state index contributed by atoms with van der Waals surface area (Å²) in [4.78, 5) is 28.4. The van der Waals surface area contributed by atoms with Gasteiger partial charge < -0.3 is 4.74 Å². The largest absolute Gasteiger partial charge is 0.493 e. The SMILES string of the molecule is [2H]c1c([2H])c(C(C)C2SC(=O)NC2=O)c([2H])c(C)c1OCCc1ccc(C(C)C(C)C)c(C)n1. The van der Waals surface area contributed by atoms with E-state index in [1.807, 2.05) is 13.0 Å².